The lowest BCUT2D eigenvalue weighted by Gasteiger charge is -2.10. The number of thiazole rings is 1. The van der Waals surface area contributed by atoms with E-state index in [1.807, 2.05) is 0 Å². The highest BCUT2D eigenvalue weighted by Crippen LogP contribution is 2.30. The molecule has 2 N–H and O–H groups in total. The number of anilines is 2. The number of ether oxygens (including phenoxy) is 1. The zero-order chi connectivity index (χ0) is 15.5. The number of amides is 2. The first-order valence-corrected chi connectivity index (χ1v) is 8.25. The topological polar surface area (TPSA) is 63.2 Å². The Balaban J connectivity index is 1.70. The fraction of sp³-hybridized carbons (Fsp3) is 0.333. The first-order chi connectivity index (χ1) is 10.7. The zero-order valence-electron chi connectivity index (χ0n) is 12.1. The van der Waals surface area contributed by atoms with Crippen molar-refractivity contribution in [3.05, 3.63) is 33.8 Å². The maximum absolute atomic E-state index is 12.1. The maximum Gasteiger partial charge on any atom is 0.325 e. The molecule has 0 saturated carbocycles. The molecule has 5 nitrogen and oxygen atoms in total. The summed E-state index contributed by atoms with van der Waals surface area (Å²) in [6, 6.07) is 4.71. The summed E-state index contributed by atoms with van der Waals surface area (Å²) in [5.41, 5.74) is 1.64. The van der Waals surface area contributed by atoms with Crippen molar-refractivity contribution in [3.63, 3.8) is 0 Å². The van der Waals surface area contributed by atoms with E-state index in [-0.39, 0.29) is 6.03 Å². The molecule has 0 atom stereocenters. The van der Waals surface area contributed by atoms with Crippen molar-refractivity contribution in [2.75, 3.05) is 17.7 Å². The molecule has 1 aliphatic rings. The van der Waals surface area contributed by atoms with Crippen LogP contribution in [0.4, 0.5) is 15.6 Å². The number of nitrogens with zero attached hydrogens (tertiary/aromatic N) is 1. The van der Waals surface area contributed by atoms with Gasteiger partial charge >= 0.3 is 6.03 Å². The molecule has 2 aromatic rings. The molecule has 3 rings (SSSR count). The molecule has 0 fully saturated rings. The Kier molecular flexibility index (Phi) is 4.49. The van der Waals surface area contributed by atoms with Crippen molar-refractivity contribution in [3.8, 4) is 5.75 Å². The molecule has 1 aromatic carbocycles. The first-order valence-electron chi connectivity index (χ1n) is 7.06. The third kappa shape index (κ3) is 3.34. The number of hydrogen-bond acceptors (Lipinski definition) is 4. The molecule has 1 heterocycles. The van der Waals surface area contributed by atoms with Crippen molar-refractivity contribution in [1.29, 1.82) is 0 Å². The van der Waals surface area contributed by atoms with Gasteiger partial charge in [-0.25, -0.2) is 9.78 Å². The van der Waals surface area contributed by atoms with Gasteiger partial charge in [0.1, 0.15) is 5.75 Å². The zero-order valence-corrected chi connectivity index (χ0v) is 13.7. The summed E-state index contributed by atoms with van der Waals surface area (Å²) in [6.45, 7) is 0. The van der Waals surface area contributed by atoms with Crippen molar-refractivity contribution in [2.24, 2.45) is 0 Å². The van der Waals surface area contributed by atoms with Gasteiger partial charge in [-0.05, 0) is 43.9 Å². The van der Waals surface area contributed by atoms with E-state index in [4.69, 9.17) is 16.3 Å². The lowest BCUT2D eigenvalue weighted by Crippen LogP contribution is -2.19. The highest BCUT2D eigenvalue weighted by Gasteiger charge is 2.16. The molecule has 0 aliphatic heterocycles. The van der Waals surface area contributed by atoms with Crippen LogP contribution in [0.2, 0.25) is 5.02 Å². The molecule has 0 unspecified atom stereocenters. The van der Waals surface area contributed by atoms with E-state index in [2.05, 4.69) is 15.6 Å². The minimum Gasteiger partial charge on any atom is -0.495 e. The van der Waals surface area contributed by atoms with Crippen LogP contribution in [0.15, 0.2) is 18.2 Å². The predicted molar refractivity (Wildman–Crippen MR) is 89.4 cm³/mol. The molecule has 7 heteroatoms. The number of nitrogens with one attached hydrogen (secondary N) is 2. The summed E-state index contributed by atoms with van der Waals surface area (Å²) in [4.78, 5) is 17.9. The van der Waals surface area contributed by atoms with Gasteiger partial charge in [-0.3, -0.25) is 5.32 Å². The van der Waals surface area contributed by atoms with E-state index in [0.29, 0.717) is 21.6 Å². The third-order valence-corrected chi connectivity index (χ3v) is 4.78. The Labute approximate surface area is 137 Å². The van der Waals surface area contributed by atoms with Crippen LogP contribution in [0, 0.1) is 0 Å². The number of carbonyl (C=O) groups excluding carboxylic acids is 1. The van der Waals surface area contributed by atoms with Gasteiger partial charge in [-0.1, -0.05) is 11.6 Å². The van der Waals surface area contributed by atoms with Crippen LogP contribution in [0.5, 0.6) is 5.75 Å². The Morgan fingerprint density at radius 3 is 2.91 bits per heavy atom. The Morgan fingerprint density at radius 1 is 1.32 bits per heavy atom. The van der Waals surface area contributed by atoms with Gasteiger partial charge < -0.3 is 10.1 Å². The molecule has 0 saturated heterocycles. The number of hydrogen-bond donors (Lipinski definition) is 2. The molecular weight excluding hydrogens is 322 g/mol. The van der Waals surface area contributed by atoms with Gasteiger partial charge in [-0.15, -0.1) is 11.3 Å². The van der Waals surface area contributed by atoms with E-state index in [1.165, 1.54) is 17.7 Å². The molecule has 22 heavy (non-hydrogen) atoms. The number of benzene rings is 1. The number of aryl methyl sites for hydroxylation is 2. The number of carbonyl (C=O) groups is 1. The fourth-order valence-electron chi connectivity index (χ4n) is 2.43. The lowest BCUT2D eigenvalue weighted by atomic mass is 10.0. The number of methoxy groups -OCH3 is 1. The van der Waals surface area contributed by atoms with Gasteiger partial charge in [-0.2, -0.15) is 0 Å². The Bertz CT molecular complexity index is 679. The third-order valence-electron chi connectivity index (χ3n) is 3.48. The van der Waals surface area contributed by atoms with E-state index in [9.17, 15) is 4.79 Å². The highest BCUT2D eigenvalue weighted by molar-refractivity contribution is 7.15. The summed E-state index contributed by atoms with van der Waals surface area (Å²) in [6.07, 6.45) is 4.41. The number of halogens is 1. The van der Waals surface area contributed by atoms with Crippen molar-refractivity contribution in [1.82, 2.24) is 4.98 Å². The molecule has 116 valence electrons. The van der Waals surface area contributed by atoms with E-state index >= 15 is 0 Å². The quantitative estimate of drug-likeness (QED) is 0.876. The SMILES string of the molecule is COc1ccc(Cl)cc1NC(=O)Nc1nc2c(s1)CCCC2. The summed E-state index contributed by atoms with van der Waals surface area (Å²) in [5.74, 6) is 0.554. The average molecular weight is 338 g/mol. The highest BCUT2D eigenvalue weighted by atomic mass is 35.5. The molecular formula is C15H16ClN3O2S. The van der Waals surface area contributed by atoms with E-state index < -0.39 is 0 Å². The summed E-state index contributed by atoms with van der Waals surface area (Å²) < 4.78 is 5.20. The Hall–Kier alpha value is -1.79. The number of fused-ring (bicyclic) bond motifs is 1. The average Bonchev–Trinajstić information content (AvgIpc) is 2.89. The number of rotatable bonds is 3. The van der Waals surface area contributed by atoms with Crippen LogP contribution in [0.25, 0.3) is 0 Å². The van der Waals surface area contributed by atoms with Crippen LogP contribution < -0.4 is 15.4 Å². The monoisotopic (exact) mass is 337 g/mol. The summed E-state index contributed by atoms with van der Waals surface area (Å²) >= 11 is 7.50. The lowest BCUT2D eigenvalue weighted by molar-refractivity contribution is 0.262. The second-order valence-corrected chi connectivity index (χ2v) is 6.54. The standard InChI is InChI=1S/C15H16ClN3O2S/c1-21-12-7-6-9(16)8-11(12)17-14(20)19-15-18-10-4-2-3-5-13(10)22-15/h6-8H,2-5H2,1H3,(H2,17,18,19,20). The van der Waals surface area contributed by atoms with E-state index in [0.717, 1.165) is 18.5 Å². The summed E-state index contributed by atoms with van der Waals surface area (Å²) in [5, 5.41) is 6.67. The molecule has 0 spiro atoms. The van der Waals surface area contributed by atoms with Crippen LogP contribution in [-0.4, -0.2) is 18.1 Å². The van der Waals surface area contributed by atoms with Crippen LogP contribution >= 0.6 is 22.9 Å². The molecule has 0 bridgehead atoms. The first kappa shape index (κ1) is 15.1. The van der Waals surface area contributed by atoms with Gasteiger partial charge in [0.2, 0.25) is 0 Å². The second-order valence-electron chi connectivity index (χ2n) is 5.02. The molecule has 2 amide bonds. The Morgan fingerprint density at radius 2 is 2.14 bits per heavy atom. The van der Waals surface area contributed by atoms with E-state index in [1.54, 1.807) is 36.6 Å². The smallest absolute Gasteiger partial charge is 0.325 e. The van der Waals surface area contributed by atoms with Crippen molar-refractivity contribution in [2.45, 2.75) is 25.7 Å². The van der Waals surface area contributed by atoms with Crippen LogP contribution in [0.1, 0.15) is 23.4 Å². The summed E-state index contributed by atoms with van der Waals surface area (Å²) in [7, 11) is 1.54. The fourth-order valence-corrected chi connectivity index (χ4v) is 3.65. The molecule has 1 aliphatic carbocycles. The van der Waals surface area contributed by atoms with Gasteiger partial charge in [0.05, 0.1) is 18.5 Å². The van der Waals surface area contributed by atoms with Crippen LogP contribution in [0.3, 0.4) is 0 Å². The number of aromatic nitrogens is 1. The minimum absolute atomic E-state index is 0.355. The minimum atomic E-state index is -0.355. The maximum atomic E-state index is 12.1. The molecule has 0 radical (unpaired) electrons. The number of urea groups is 1. The van der Waals surface area contributed by atoms with Gasteiger partial charge in [0.25, 0.3) is 0 Å². The predicted octanol–water partition coefficient (Wildman–Crippen LogP) is 4.33. The van der Waals surface area contributed by atoms with Crippen LogP contribution in [-0.2, 0) is 12.8 Å². The van der Waals surface area contributed by atoms with Gasteiger partial charge in [0.15, 0.2) is 5.13 Å². The van der Waals surface area contributed by atoms with Gasteiger partial charge in [0, 0.05) is 9.90 Å². The largest absolute Gasteiger partial charge is 0.495 e. The molecule has 1 aromatic heterocycles. The van der Waals surface area contributed by atoms with Crippen molar-refractivity contribution >= 4 is 39.8 Å². The normalized spacial score (nSPS) is 13.4. The van der Waals surface area contributed by atoms with Crippen molar-refractivity contribution < 1.29 is 9.53 Å². The second kappa shape index (κ2) is 6.54.